The maximum Gasteiger partial charge on any atom is 0.338 e. The fourth-order valence-corrected chi connectivity index (χ4v) is 3.10. The van der Waals surface area contributed by atoms with Gasteiger partial charge in [-0.15, -0.1) is 0 Å². The van der Waals surface area contributed by atoms with Gasteiger partial charge < -0.3 is 24.8 Å². The van der Waals surface area contributed by atoms with Crippen molar-refractivity contribution >= 4 is 17.7 Å². The first-order chi connectivity index (χ1) is 13.1. The molecule has 0 saturated carbocycles. The Kier molecular flexibility index (Phi) is 5.30. The minimum atomic E-state index is -0.772. The summed E-state index contributed by atoms with van der Waals surface area (Å²) in [7, 11) is 4.33. The van der Waals surface area contributed by atoms with E-state index in [1.165, 1.54) is 21.3 Å². The van der Waals surface area contributed by atoms with Crippen LogP contribution in [0.3, 0.4) is 0 Å². The second-order valence-electron chi connectivity index (χ2n) is 5.76. The lowest BCUT2D eigenvalue weighted by Crippen LogP contribution is -2.45. The fourth-order valence-electron chi connectivity index (χ4n) is 3.10. The first-order valence-corrected chi connectivity index (χ1v) is 8.27. The predicted octanol–water partition coefficient (Wildman–Crippen LogP) is 2.64. The van der Waals surface area contributed by atoms with Crippen LogP contribution >= 0.6 is 0 Å². The van der Waals surface area contributed by atoms with Crippen molar-refractivity contribution < 1.29 is 23.8 Å². The Balaban J connectivity index is 2.25. The van der Waals surface area contributed by atoms with E-state index in [9.17, 15) is 9.59 Å². The van der Waals surface area contributed by atoms with E-state index >= 15 is 0 Å². The third kappa shape index (κ3) is 3.44. The highest BCUT2D eigenvalue weighted by Crippen LogP contribution is 2.40. The van der Waals surface area contributed by atoms with Gasteiger partial charge in [0.25, 0.3) is 0 Å². The molecule has 0 fully saturated rings. The summed E-state index contributed by atoms with van der Waals surface area (Å²) in [6, 6.07) is 13.2. The van der Waals surface area contributed by atoms with Gasteiger partial charge in [0.15, 0.2) is 11.5 Å². The summed E-state index contributed by atoms with van der Waals surface area (Å²) in [5.41, 5.74) is 1.94. The van der Waals surface area contributed by atoms with E-state index in [-0.39, 0.29) is 5.57 Å². The number of nitrogens with one attached hydrogen (secondary N) is 2. The molecule has 0 aliphatic carbocycles. The maximum atomic E-state index is 12.7. The van der Waals surface area contributed by atoms with Crippen molar-refractivity contribution in [3.63, 3.8) is 0 Å². The van der Waals surface area contributed by atoms with Crippen molar-refractivity contribution in [3.05, 3.63) is 65.2 Å². The molecule has 2 amide bonds. The standard InChI is InChI=1S/C20H20N2O5/c1-25-14-11-7-10-13(18(14)26-2)17-15(19(23)27-3)16(21-20(24)22-17)12-8-5-4-6-9-12/h4-11,17H,1-3H3,(H2,21,22,24). The Morgan fingerprint density at radius 1 is 0.963 bits per heavy atom. The molecule has 3 rings (SSSR count). The van der Waals surface area contributed by atoms with E-state index in [4.69, 9.17) is 14.2 Å². The van der Waals surface area contributed by atoms with Gasteiger partial charge in [-0.1, -0.05) is 42.5 Å². The van der Waals surface area contributed by atoms with Crippen LogP contribution in [0.15, 0.2) is 54.1 Å². The number of rotatable bonds is 5. The highest BCUT2D eigenvalue weighted by atomic mass is 16.5. The summed E-state index contributed by atoms with van der Waals surface area (Å²) in [5.74, 6) is 0.366. The molecular formula is C20H20N2O5. The van der Waals surface area contributed by atoms with Crippen LogP contribution in [-0.2, 0) is 9.53 Å². The number of hydrogen-bond donors (Lipinski definition) is 2. The van der Waals surface area contributed by atoms with Gasteiger partial charge in [0.05, 0.1) is 38.6 Å². The lowest BCUT2D eigenvalue weighted by atomic mass is 9.92. The third-order valence-electron chi connectivity index (χ3n) is 4.28. The minimum Gasteiger partial charge on any atom is -0.493 e. The summed E-state index contributed by atoms with van der Waals surface area (Å²) in [5, 5.41) is 5.50. The lowest BCUT2D eigenvalue weighted by Gasteiger charge is -2.30. The zero-order valence-corrected chi connectivity index (χ0v) is 15.2. The van der Waals surface area contributed by atoms with Crippen molar-refractivity contribution in [2.45, 2.75) is 6.04 Å². The summed E-state index contributed by atoms with van der Waals surface area (Å²) >= 11 is 0. The van der Waals surface area contributed by atoms with Crippen LogP contribution in [0.5, 0.6) is 11.5 Å². The highest BCUT2D eigenvalue weighted by Gasteiger charge is 2.36. The van der Waals surface area contributed by atoms with Crippen molar-refractivity contribution in [1.82, 2.24) is 10.6 Å². The molecule has 1 unspecified atom stereocenters. The molecule has 0 bridgehead atoms. The molecule has 2 N–H and O–H groups in total. The van der Waals surface area contributed by atoms with Gasteiger partial charge in [0, 0.05) is 5.56 Å². The van der Waals surface area contributed by atoms with Crippen molar-refractivity contribution in [2.75, 3.05) is 21.3 Å². The van der Waals surface area contributed by atoms with Gasteiger partial charge in [-0.3, -0.25) is 0 Å². The molecule has 27 heavy (non-hydrogen) atoms. The van der Waals surface area contributed by atoms with Crippen LogP contribution in [0.4, 0.5) is 4.79 Å². The number of amides is 2. The molecule has 2 aromatic carbocycles. The average molecular weight is 368 g/mol. The predicted molar refractivity (Wildman–Crippen MR) is 99.3 cm³/mol. The van der Waals surface area contributed by atoms with E-state index < -0.39 is 18.0 Å². The van der Waals surface area contributed by atoms with E-state index in [1.54, 1.807) is 18.2 Å². The summed E-state index contributed by atoms with van der Waals surface area (Å²) in [4.78, 5) is 25.0. The Morgan fingerprint density at radius 3 is 2.33 bits per heavy atom. The number of benzene rings is 2. The number of ether oxygens (including phenoxy) is 3. The molecule has 0 spiro atoms. The van der Waals surface area contributed by atoms with E-state index in [0.29, 0.717) is 28.3 Å². The van der Waals surface area contributed by atoms with Crippen molar-refractivity contribution in [2.24, 2.45) is 0 Å². The maximum absolute atomic E-state index is 12.7. The highest BCUT2D eigenvalue weighted by molar-refractivity contribution is 6.04. The topological polar surface area (TPSA) is 85.9 Å². The molecule has 0 saturated heterocycles. The first kappa shape index (κ1) is 18.3. The van der Waals surface area contributed by atoms with Crippen LogP contribution in [0.25, 0.3) is 5.70 Å². The quantitative estimate of drug-likeness (QED) is 0.793. The van der Waals surface area contributed by atoms with Gasteiger partial charge in [0.2, 0.25) is 0 Å². The average Bonchev–Trinajstić information content (AvgIpc) is 2.72. The largest absolute Gasteiger partial charge is 0.493 e. The zero-order chi connectivity index (χ0) is 19.4. The lowest BCUT2D eigenvalue weighted by molar-refractivity contribution is -0.136. The van der Waals surface area contributed by atoms with E-state index in [1.807, 2.05) is 30.3 Å². The number of carbonyl (C=O) groups is 2. The van der Waals surface area contributed by atoms with Gasteiger partial charge in [-0.05, 0) is 11.6 Å². The van der Waals surface area contributed by atoms with Gasteiger partial charge in [-0.2, -0.15) is 0 Å². The SMILES string of the molecule is COC(=O)C1=C(c2ccccc2)NC(=O)NC1c1cccc(OC)c1OC. The summed E-state index contributed by atoms with van der Waals surface area (Å²) in [6.07, 6.45) is 0. The number of urea groups is 1. The number of methoxy groups -OCH3 is 3. The van der Waals surface area contributed by atoms with Crippen LogP contribution in [-0.4, -0.2) is 33.3 Å². The van der Waals surface area contributed by atoms with Crippen molar-refractivity contribution in [1.29, 1.82) is 0 Å². The normalized spacial score (nSPS) is 16.3. The van der Waals surface area contributed by atoms with Crippen LogP contribution in [0.1, 0.15) is 17.2 Å². The second-order valence-corrected chi connectivity index (χ2v) is 5.76. The van der Waals surface area contributed by atoms with Gasteiger partial charge >= 0.3 is 12.0 Å². The third-order valence-corrected chi connectivity index (χ3v) is 4.28. The van der Waals surface area contributed by atoms with Crippen LogP contribution < -0.4 is 20.1 Å². The molecule has 140 valence electrons. The van der Waals surface area contributed by atoms with E-state index in [0.717, 1.165) is 0 Å². The van der Waals surface area contributed by atoms with Crippen molar-refractivity contribution in [3.8, 4) is 11.5 Å². The second kappa shape index (κ2) is 7.82. The van der Waals surface area contributed by atoms with Crippen LogP contribution in [0, 0.1) is 0 Å². The molecular weight excluding hydrogens is 348 g/mol. The number of carbonyl (C=O) groups excluding carboxylic acids is 2. The van der Waals surface area contributed by atoms with Gasteiger partial charge in [0.1, 0.15) is 0 Å². The molecule has 7 heteroatoms. The monoisotopic (exact) mass is 368 g/mol. The molecule has 0 radical (unpaired) electrons. The number of esters is 1. The molecule has 2 aromatic rings. The molecule has 1 heterocycles. The Labute approximate surface area is 156 Å². The molecule has 1 atom stereocenters. The first-order valence-electron chi connectivity index (χ1n) is 8.27. The van der Waals surface area contributed by atoms with Crippen LogP contribution in [0.2, 0.25) is 0 Å². The number of para-hydroxylation sites is 1. The molecule has 0 aromatic heterocycles. The summed E-state index contributed by atoms with van der Waals surface area (Å²) < 4.78 is 15.8. The Bertz CT molecular complexity index is 893. The smallest absolute Gasteiger partial charge is 0.338 e. The van der Waals surface area contributed by atoms with E-state index in [2.05, 4.69) is 10.6 Å². The van der Waals surface area contributed by atoms with Gasteiger partial charge in [-0.25, -0.2) is 9.59 Å². The molecule has 1 aliphatic rings. The Morgan fingerprint density at radius 2 is 1.70 bits per heavy atom. The zero-order valence-electron chi connectivity index (χ0n) is 15.2. The Hall–Kier alpha value is -3.48. The minimum absolute atomic E-state index is 0.273. The molecule has 7 nitrogen and oxygen atoms in total. The summed E-state index contributed by atoms with van der Waals surface area (Å²) in [6.45, 7) is 0. The molecule has 1 aliphatic heterocycles. The fraction of sp³-hybridized carbons (Fsp3) is 0.200. The number of hydrogen-bond acceptors (Lipinski definition) is 5.